The van der Waals surface area contributed by atoms with Crippen LogP contribution in [-0.2, 0) is 16.0 Å². The number of carbonyl (C=O) groups excluding carboxylic acids is 2. The van der Waals surface area contributed by atoms with E-state index in [0.29, 0.717) is 18.5 Å². The number of fused-ring (bicyclic) bond motifs is 1. The van der Waals surface area contributed by atoms with E-state index < -0.39 is 5.54 Å². The summed E-state index contributed by atoms with van der Waals surface area (Å²) in [7, 11) is 0. The summed E-state index contributed by atoms with van der Waals surface area (Å²) in [4.78, 5) is 25.5. The summed E-state index contributed by atoms with van der Waals surface area (Å²) in [5, 5.41) is 11.8. The molecule has 120 valence electrons. The van der Waals surface area contributed by atoms with E-state index in [1.807, 2.05) is 0 Å². The molecule has 22 heavy (non-hydrogen) atoms. The van der Waals surface area contributed by atoms with Crippen LogP contribution in [0.1, 0.15) is 32.3 Å². The molecule has 0 unspecified atom stereocenters. The van der Waals surface area contributed by atoms with Gasteiger partial charge in [-0.25, -0.2) is 4.39 Å². The van der Waals surface area contributed by atoms with E-state index in [-0.39, 0.29) is 37.2 Å². The van der Waals surface area contributed by atoms with E-state index in [4.69, 9.17) is 5.11 Å². The average molecular weight is 308 g/mol. The van der Waals surface area contributed by atoms with Gasteiger partial charge in [0.05, 0.1) is 12.1 Å². The van der Waals surface area contributed by atoms with E-state index in [9.17, 15) is 14.0 Å². The van der Waals surface area contributed by atoms with Crippen molar-refractivity contribution in [1.82, 2.24) is 5.32 Å². The minimum absolute atomic E-state index is 0.0617. The second kappa shape index (κ2) is 6.44. The van der Waals surface area contributed by atoms with E-state index in [1.54, 1.807) is 19.9 Å². The van der Waals surface area contributed by atoms with Gasteiger partial charge in [0.2, 0.25) is 11.8 Å². The summed E-state index contributed by atoms with van der Waals surface area (Å²) < 4.78 is 13.3. The number of benzene rings is 1. The Hall–Kier alpha value is -1.95. The van der Waals surface area contributed by atoms with Crippen molar-refractivity contribution in [2.75, 3.05) is 18.1 Å². The van der Waals surface area contributed by atoms with Crippen LogP contribution < -0.4 is 10.2 Å². The van der Waals surface area contributed by atoms with E-state index >= 15 is 0 Å². The van der Waals surface area contributed by atoms with Crippen LogP contribution >= 0.6 is 0 Å². The van der Waals surface area contributed by atoms with Crippen LogP contribution in [0, 0.1) is 5.82 Å². The Balaban J connectivity index is 2.04. The Labute approximate surface area is 129 Å². The van der Waals surface area contributed by atoms with Crippen LogP contribution in [0.5, 0.6) is 0 Å². The van der Waals surface area contributed by atoms with Crippen LogP contribution in [-0.4, -0.2) is 35.6 Å². The number of hydrogen-bond acceptors (Lipinski definition) is 3. The Morgan fingerprint density at radius 2 is 2.14 bits per heavy atom. The highest BCUT2D eigenvalue weighted by atomic mass is 19.1. The predicted octanol–water partition coefficient (Wildman–Crippen LogP) is 1.38. The van der Waals surface area contributed by atoms with Crippen LogP contribution in [0.2, 0.25) is 0 Å². The van der Waals surface area contributed by atoms with Crippen LogP contribution in [0.25, 0.3) is 0 Å². The number of anilines is 1. The first-order chi connectivity index (χ1) is 10.3. The number of hydrogen-bond donors (Lipinski definition) is 2. The first-order valence-electron chi connectivity index (χ1n) is 7.33. The fraction of sp³-hybridized carbons (Fsp3) is 0.500. The van der Waals surface area contributed by atoms with Crippen molar-refractivity contribution in [3.05, 3.63) is 29.6 Å². The number of rotatable bonds is 5. The maximum atomic E-state index is 13.3. The number of aliphatic hydroxyl groups is 1. The molecule has 1 aromatic carbocycles. The molecule has 2 rings (SSSR count). The van der Waals surface area contributed by atoms with Crippen molar-refractivity contribution in [3.8, 4) is 0 Å². The minimum atomic E-state index is -0.690. The van der Waals surface area contributed by atoms with Gasteiger partial charge in [0.1, 0.15) is 5.82 Å². The highest BCUT2D eigenvalue weighted by Gasteiger charge is 2.26. The van der Waals surface area contributed by atoms with Crippen molar-refractivity contribution in [2.24, 2.45) is 0 Å². The summed E-state index contributed by atoms with van der Waals surface area (Å²) in [5.41, 5.74) is 0.770. The second-order valence-electron chi connectivity index (χ2n) is 6.16. The van der Waals surface area contributed by atoms with E-state index in [2.05, 4.69) is 5.32 Å². The topological polar surface area (TPSA) is 69.6 Å². The third-order valence-corrected chi connectivity index (χ3v) is 3.68. The zero-order valence-corrected chi connectivity index (χ0v) is 12.9. The van der Waals surface area contributed by atoms with Crippen LogP contribution in [0.4, 0.5) is 10.1 Å². The lowest BCUT2D eigenvalue weighted by Gasteiger charge is -2.30. The van der Waals surface area contributed by atoms with Gasteiger partial charge in [0, 0.05) is 25.1 Å². The highest BCUT2D eigenvalue weighted by molar-refractivity contribution is 5.97. The molecule has 0 radical (unpaired) electrons. The first-order valence-corrected chi connectivity index (χ1v) is 7.33. The molecule has 0 saturated heterocycles. The molecule has 1 aliphatic heterocycles. The van der Waals surface area contributed by atoms with Gasteiger partial charge in [-0.15, -0.1) is 0 Å². The normalized spacial score (nSPS) is 14.7. The maximum absolute atomic E-state index is 13.3. The van der Waals surface area contributed by atoms with Crippen LogP contribution in [0.3, 0.4) is 0 Å². The third kappa shape index (κ3) is 3.82. The smallest absolute Gasteiger partial charge is 0.227 e. The molecular formula is C16H21FN2O3. The molecule has 0 fully saturated rings. The van der Waals surface area contributed by atoms with Crippen molar-refractivity contribution < 1.29 is 19.1 Å². The van der Waals surface area contributed by atoms with E-state index in [1.165, 1.54) is 17.0 Å². The van der Waals surface area contributed by atoms with Gasteiger partial charge >= 0.3 is 0 Å². The van der Waals surface area contributed by atoms with Gasteiger partial charge in [-0.05, 0) is 44.0 Å². The third-order valence-electron chi connectivity index (χ3n) is 3.68. The molecule has 0 atom stereocenters. The second-order valence-corrected chi connectivity index (χ2v) is 6.16. The number of carbonyl (C=O) groups is 2. The zero-order chi connectivity index (χ0) is 16.3. The van der Waals surface area contributed by atoms with Gasteiger partial charge in [-0.2, -0.15) is 0 Å². The number of nitrogens with zero attached hydrogens (tertiary/aromatic N) is 1. The highest BCUT2D eigenvalue weighted by Crippen LogP contribution is 2.28. The molecule has 1 aromatic rings. The molecule has 0 aliphatic carbocycles. The molecule has 1 heterocycles. The minimum Gasteiger partial charge on any atom is -0.394 e. The molecule has 0 saturated carbocycles. The van der Waals surface area contributed by atoms with Crippen molar-refractivity contribution in [2.45, 2.75) is 38.6 Å². The summed E-state index contributed by atoms with van der Waals surface area (Å²) in [6, 6.07) is 4.33. The number of aliphatic hydroxyl groups excluding tert-OH is 1. The van der Waals surface area contributed by atoms with Gasteiger partial charge in [-0.3, -0.25) is 9.59 Å². The monoisotopic (exact) mass is 308 g/mol. The van der Waals surface area contributed by atoms with Gasteiger partial charge in [0.25, 0.3) is 0 Å². The average Bonchev–Trinajstić information content (AvgIpc) is 2.46. The van der Waals surface area contributed by atoms with Gasteiger partial charge < -0.3 is 15.3 Å². The van der Waals surface area contributed by atoms with Crippen molar-refractivity contribution >= 4 is 17.5 Å². The maximum Gasteiger partial charge on any atom is 0.227 e. The molecular weight excluding hydrogens is 287 g/mol. The largest absolute Gasteiger partial charge is 0.394 e. The standard InChI is InChI=1S/C16H21FN2O3/c1-16(2,10-20)18-14(21)7-8-19-13-5-4-12(17)9-11(13)3-6-15(19)22/h4-5,9,20H,3,6-8,10H2,1-2H3,(H,18,21). The summed E-state index contributed by atoms with van der Waals surface area (Å²) in [6.45, 7) is 3.51. The Morgan fingerprint density at radius 1 is 1.41 bits per heavy atom. The number of nitrogens with one attached hydrogen (secondary N) is 1. The molecule has 2 amide bonds. The molecule has 2 N–H and O–H groups in total. The number of aryl methyl sites for hydroxylation is 1. The zero-order valence-electron chi connectivity index (χ0n) is 12.9. The molecule has 6 heteroatoms. The Kier molecular flexibility index (Phi) is 4.81. The van der Waals surface area contributed by atoms with Crippen LogP contribution in [0.15, 0.2) is 18.2 Å². The first kappa shape index (κ1) is 16.4. The number of amides is 2. The van der Waals surface area contributed by atoms with Crippen molar-refractivity contribution in [1.29, 1.82) is 0 Å². The predicted molar refractivity (Wildman–Crippen MR) is 81.0 cm³/mol. The van der Waals surface area contributed by atoms with E-state index in [0.717, 1.165) is 5.56 Å². The lowest BCUT2D eigenvalue weighted by atomic mass is 10.0. The quantitative estimate of drug-likeness (QED) is 0.863. The molecule has 0 spiro atoms. The fourth-order valence-electron chi connectivity index (χ4n) is 2.47. The molecule has 0 bridgehead atoms. The lowest BCUT2D eigenvalue weighted by Crippen LogP contribution is -2.47. The number of halogens is 1. The van der Waals surface area contributed by atoms with Crippen molar-refractivity contribution in [3.63, 3.8) is 0 Å². The Bertz CT molecular complexity index is 587. The molecule has 0 aromatic heterocycles. The summed E-state index contributed by atoms with van der Waals surface area (Å²) in [6.07, 6.45) is 0.971. The molecule has 1 aliphatic rings. The summed E-state index contributed by atoms with van der Waals surface area (Å²) in [5.74, 6) is -0.620. The SMILES string of the molecule is CC(C)(CO)NC(=O)CCN1C(=O)CCc2cc(F)ccc21. The van der Waals surface area contributed by atoms with Gasteiger partial charge in [-0.1, -0.05) is 0 Å². The fourth-order valence-corrected chi connectivity index (χ4v) is 2.47. The summed E-state index contributed by atoms with van der Waals surface area (Å²) >= 11 is 0. The lowest BCUT2D eigenvalue weighted by molar-refractivity contribution is -0.123. The molecule has 5 nitrogen and oxygen atoms in total. The van der Waals surface area contributed by atoms with Gasteiger partial charge in [0.15, 0.2) is 0 Å². The Morgan fingerprint density at radius 3 is 2.82 bits per heavy atom.